The van der Waals surface area contributed by atoms with E-state index in [1.54, 1.807) is 6.92 Å². The number of rotatable bonds is 4. The fraction of sp³-hybridized carbons (Fsp3) is 0.533. The van der Waals surface area contributed by atoms with Crippen molar-refractivity contribution in [2.24, 2.45) is 0 Å². The molecule has 1 fully saturated rings. The fourth-order valence-electron chi connectivity index (χ4n) is 2.46. The molecule has 1 aromatic carbocycles. The summed E-state index contributed by atoms with van der Waals surface area (Å²) in [6.07, 6.45) is 3.20. The van der Waals surface area contributed by atoms with Crippen LogP contribution in [-0.4, -0.2) is 29.9 Å². The number of hydrogen-bond acceptors (Lipinski definition) is 2. The van der Waals surface area contributed by atoms with Crippen molar-refractivity contribution in [2.75, 3.05) is 13.1 Å². The third-order valence-electron chi connectivity index (χ3n) is 3.76. The molecular formula is C15H19BrF2N2O. The minimum Gasteiger partial charge on any atom is -0.341 e. The lowest BCUT2D eigenvalue weighted by atomic mass is 10.1. The van der Waals surface area contributed by atoms with E-state index in [2.05, 4.69) is 21.2 Å². The third kappa shape index (κ3) is 4.01. The van der Waals surface area contributed by atoms with Crippen molar-refractivity contribution >= 4 is 21.8 Å². The Labute approximate surface area is 131 Å². The first-order valence-corrected chi connectivity index (χ1v) is 7.94. The van der Waals surface area contributed by atoms with Gasteiger partial charge in [0.25, 0.3) is 0 Å². The molecule has 1 atom stereocenters. The van der Waals surface area contributed by atoms with Gasteiger partial charge < -0.3 is 10.2 Å². The van der Waals surface area contributed by atoms with Crippen molar-refractivity contribution in [3.05, 3.63) is 33.8 Å². The van der Waals surface area contributed by atoms with E-state index in [4.69, 9.17) is 0 Å². The van der Waals surface area contributed by atoms with Gasteiger partial charge in [0.1, 0.15) is 11.6 Å². The molecule has 1 heterocycles. The molecule has 0 aromatic heterocycles. The van der Waals surface area contributed by atoms with Crippen LogP contribution >= 0.6 is 15.9 Å². The summed E-state index contributed by atoms with van der Waals surface area (Å²) in [6.45, 7) is 3.25. The highest BCUT2D eigenvalue weighted by atomic mass is 79.9. The van der Waals surface area contributed by atoms with Gasteiger partial charge in [-0.25, -0.2) is 8.78 Å². The number of carbonyl (C=O) groups excluding carboxylic acids is 1. The number of likely N-dealkylation sites (tertiary alicyclic amines) is 1. The second-order valence-corrected chi connectivity index (χ2v) is 6.16. The topological polar surface area (TPSA) is 32.3 Å². The standard InChI is InChI=1S/C15H19BrF2N2O/c1-10(15(21)20-7-3-2-4-8-20)19-9-11-13(17)6-5-12(16)14(11)18/h5-6,10,19H,2-4,7-9H2,1H3. The summed E-state index contributed by atoms with van der Waals surface area (Å²) in [5.41, 5.74) is -0.0531. The molecule has 0 spiro atoms. The van der Waals surface area contributed by atoms with E-state index in [9.17, 15) is 13.6 Å². The lowest BCUT2D eigenvalue weighted by Gasteiger charge is -2.29. The summed E-state index contributed by atoms with van der Waals surface area (Å²) < 4.78 is 27.7. The predicted molar refractivity (Wildman–Crippen MR) is 80.8 cm³/mol. The Bertz CT molecular complexity index is 519. The van der Waals surface area contributed by atoms with Crippen LogP contribution in [0.3, 0.4) is 0 Å². The first kappa shape index (κ1) is 16.4. The Hall–Kier alpha value is -1.01. The molecule has 1 unspecified atom stereocenters. The van der Waals surface area contributed by atoms with Crippen molar-refractivity contribution in [3.8, 4) is 0 Å². The molecule has 6 heteroatoms. The van der Waals surface area contributed by atoms with E-state index in [-0.39, 0.29) is 22.5 Å². The van der Waals surface area contributed by atoms with E-state index in [0.717, 1.165) is 32.4 Å². The van der Waals surface area contributed by atoms with Gasteiger partial charge in [-0.2, -0.15) is 0 Å². The zero-order valence-corrected chi connectivity index (χ0v) is 13.6. The van der Waals surface area contributed by atoms with E-state index in [1.165, 1.54) is 12.1 Å². The van der Waals surface area contributed by atoms with E-state index in [1.807, 2.05) is 4.90 Å². The van der Waals surface area contributed by atoms with Gasteiger partial charge in [-0.05, 0) is 54.2 Å². The number of piperidine rings is 1. The Kier molecular flexibility index (Phi) is 5.70. The molecule has 3 nitrogen and oxygen atoms in total. The van der Waals surface area contributed by atoms with Crippen LogP contribution in [0.5, 0.6) is 0 Å². The number of nitrogens with one attached hydrogen (secondary N) is 1. The maximum atomic E-state index is 13.8. The van der Waals surface area contributed by atoms with Crippen LogP contribution < -0.4 is 5.32 Å². The smallest absolute Gasteiger partial charge is 0.239 e. The Balaban J connectivity index is 1.96. The van der Waals surface area contributed by atoms with Gasteiger partial charge in [-0.1, -0.05) is 0 Å². The summed E-state index contributed by atoms with van der Waals surface area (Å²) in [6, 6.07) is 2.08. The zero-order chi connectivity index (χ0) is 15.4. The molecule has 2 rings (SSSR count). The monoisotopic (exact) mass is 360 g/mol. The van der Waals surface area contributed by atoms with Crippen LogP contribution in [0.15, 0.2) is 16.6 Å². The molecule has 1 N–H and O–H groups in total. The van der Waals surface area contributed by atoms with Crippen LogP contribution in [0.4, 0.5) is 8.78 Å². The normalized spacial score (nSPS) is 16.9. The summed E-state index contributed by atoms with van der Waals surface area (Å²) in [5.74, 6) is -1.24. The van der Waals surface area contributed by atoms with Gasteiger partial charge in [0.2, 0.25) is 5.91 Å². The van der Waals surface area contributed by atoms with Crippen molar-refractivity contribution in [2.45, 2.75) is 38.8 Å². The van der Waals surface area contributed by atoms with Gasteiger partial charge in [0.15, 0.2) is 0 Å². The van der Waals surface area contributed by atoms with Crippen LogP contribution in [0.1, 0.15) is 31.7 Å². The SMILES string of the molecule is CC(NCc1c(F)ccc(Br)c1F)C(=O)N1CCCCC1. The van der Waals surface area contributed by atoms with Crippen LogP contribution in [0.2, 0.25) is 0 Å². The molecule has 0 radical (unpaired) electrons. The summed E-state index contributed by atoms with van der Waals surface area (Å²) >= 11 is 3.03. The molecule has 0 saturated carbocycles. The second-order valence-electron chi connectivity index (χ2n) is 5.31. The number of halogens is 3. The lowest BCUT2D eigenvalue weighted by molar-refractivity contribution is -0.133. The molecule has 21 heavy (non-hydrogen) atoms. The highest BCUT2D eigenvalue weighted by molar-refractivity contribution is 9.10. The zero-order valence-electron chi connectivity index (χ0n) is 12.0. The molecule has 1 amide bonds. The molecule has 1 aliphatic rings. The van der Waals surface area contributed by atoms with Crippen molar-refractivity contribution < 1.29 is 13.6 Å². The number of hydrogen-bond donors (Lipinski definition) is 1. The highest BCUT2D eigenvalue weighted by Crippen LogP contribution is 2.21. The fourth-order valence-corrected chi connectivity index (χ4v) is 2.83. The summed E-state index contributed by atoms with van der Waals surface area (Å²) in [7, 11) is 0. The van der Waals surface area contributed by atoms with E-state index >= 15 is 0 Å². The number of benzene rings is 1. The minimum atomic E-state index is -0.625. The summed E-state index contributed by atoms with van der Waals surface area (Å²) in [4.78, 5) is 14.0. The van der Waals surface area contributed by atoms with E-state index < -0.39 is 17.7 Å². The van der Waals surface area contributed by atoms with Crippen LogP contribution in [-0.2, 0) is 11.3 Å². The molecule has 1 aliphatic heterocycles. The van der Waals surface area contributed by atoms with Gasteiger partial charge in [-0.15, -0.1) is 0 Å². The molecule has 0 aliphatic carbocycles. The first-order chi connectivity index (χ1) is 10.0. The molecule has 1 aromatic rings. The molecular weight excluding hydrogens is 342 g/mol. The average molecular weight is 361 g/mol. The Morgan fingerprint density at radius 1 is 1.33 bits per heavy atom. The summed E-state index contributed by atoms with van der Waals surface area (Å²) in [5, 5.41) is 2.91. The molecule has 116 valence electrons. The quantitative estimate of drug-likeness (QED) is 0.836. The second kappa shape index (κ2) is 7.31. The van der Waals surface area contributed by atoms with Gasteiger partial charge >= 0.3 is 0 Å². The Morgan fingerprint density at radius 3 is 2.67 bits per heavy atom. The van der Waals surface area contributed by atoms with Crippen molar-refractivity contribution in [1.82, 2.24) is 10.2 Å². The predicted octanol–water partition coefficient (Wildman–Crippen LogP) is 3.22. The van der Waals surface area contributed by atoms with Crippen LogP contribution in [0, 0.1) is 11.6 Å². The maximum Gasteiger partial charge on any atom is 0.239 e. The van der Waals surface area contributed by atoms with Crippen LogP contribution in [0.25, 0.3) is 0 Å². The Morgan fingerprint density at radius 2 is 2.00 bits per heavy atom. The highest BCUT2D eigenvalue weighted by Gasteiger charge is 2.22. The number of carbonyl (C=O) groups is 1. The maximum absolute atomic E-state index is 13.8. The number of amides is 1. The molecule has 1 saturated heterocycles. The largest absolute Gasteiger partial charge is 0.341 e. The van der Waals surface area contributed by atoms with Crippen molar-refractivity contribution in [1.29, 1.82) is 0 Å². The van der Waals surface area contributed by atoms with Gasteiger partial charge in [0, 0.05) is 25.2 Å². The lowest BCUT2D eigenvalue weighted by Crippen LogP contribution is -2.46. The van der Waals surface area contributed by atoms with E-state index in [0.29, 0.717) is 0 Å². The van der Waals surface area contributed by atoms with Gasteiger partial charge in [-0.3, -0.25) is 4.79 Å². The third-order valence-corrected chi connectivity index (χ3v) is 4.37. The average Bonchev–Trinajstić information content (AvgIpc) is 2.51. The number of nitrogens with zero attached hydrogens (tertiary/aromatic N) is 1. The van der Waals surface area contributed by atoms with Gasteiger partial charge in [0.05, 0.1) is 10.5 Å². The first-order valence-electron chi connectivity index (χ1n) is 7.15. The minimum absolute atomic E-state index is 0.00878. The van der Waals surface area contributed by atoms with Crippen molar-refractivity contribution in [3.63, 3.8) is 0 Å². The molecule has 0 bridgehead atoms.